The van der Waals surface area contributed by atoms with Gasteiger partial charge in [0.15, 0.2) is 0 Å². The highest BCUT2D eigenvalue weighted by Crippen LogP contribution is 2.32. The number of nitrogens with zero attached hydrogens (tertiary/aromatic N) is 2. The largest absolute Gasteiger partial charge is 0.573 e. The maximum absolute atomic E-state index is 12.9. The maximum Gasteiger partial charge on any atom is 0.573 e. The van der Waals surface area contributed by atoms with Crippen LogP contribution in [0, 0.1) is 0 Å². The fraction of sp³-hybridized carbons (Fsp3) is 0.429. The number of anilines is 3. The van der Waals surface area contributed by atoms with Gasteiger partial charge in [-0.2, -0.15) is 4.98 Å². The summed E-state index contributed by atoms with van der Waals surface area (Å²) in [5.74, 6) is -2.55. The number of benzene rings is 1. The molecule has 2 amide bonds. The summed E-state index contributed by atoms with van der Waals surface area (Å²) in [4.78, 5) is 47.2. The smallest absolute Gasteiger partial charge is 0.406 e. The van der Waals surface area contributed by atoms with Crippen molar-refractivity contribution < 1.29 is 27.5 Å². The van der Waals surface area contributed by atoms with Gasteiger partial charge in [0.25, 0.3) is 5.56 Å². The van der Waals surface area contributed by atoms with Crippen LogP contribution in [0.2, 0.25) is 0 Å². The standard InChI is InChI=1S/C21H22F3N5O4/c1-11-5-2-3-8-29(11)20-27-17-16(19(32)28-20)14(10-15(30)26-17)18(31)25-12-6-4-7-13(9-12)33-21(22,23)24/h4,6-7,9,11,14H,2-3,5,8,10H2,1H3,(H,25,31)(H2,26,27,28,30,32). The Bertz CT molecular complexity index is 1130. The molecule has 3 N–H and O–H groups in total. The number of halogens is 3. The van der Waals surface area contributed by atoms with Gasteiger partial charge in [-0.3, -0.25) is 19.4 Å². The lowest BCUT2D eigenvalue weighted by Crippen LogP contribution is -2.42. The molecule has 0 saturated carbocycles. The van der Waals surface area contributed by atoms with Crippen molar-refractivity contribution in [1.82, 2.24) is 9.97 Å². The van der Waals surface area contributed by atoms with E-state index >= 15 is 0 Å². The molecule has 0 spiro atoms. The highest BCUT2D eigenvalue weighted by Gasteiger charge is 2.36. The van der Waals surface area contributed by atoms with Crippen molar-refractivity contribution in [3.63, 3.8) is 0 Å². The van der Waals surface area contributed by atoms with Crippen LogP contribution in [0.1, 0.15) is 44.1 Å². The molecule has 33 heavy (non-hydrogen) atoms. The van der Waals surface area contributed by atoms with Crippen molar-refractivity contribution >= 4 is 29.3 Å². The molecule has 3 heterocycles. The van der Waals surface area contributed by atoms with Gasteiger partial charge in [0.05, 0.1) is 11.5 Å². The Labute approximate surface area is 186 Å². The number of H-pyrrole nitrogens is 1. The number of piperidine rings is 1. The number of carbonyl (C=O) groups is 2. The van der Waals surface area contributed by atoms with Gasteiger partial charge in [-0.25, -0.2) is 0 Å². The predicted molar refractivity (Wildman–Crippen MR) is 113 cm³/mol. The Balaban J connectivity index is 1.60. The number of fused-ring (bicyclic) bond motifs is 1. The number of carbonyl (C=O) groups excluding carboxylic acids is 2. The van der Waals surface area contributed by atoms with Crippen LogP contribution < -0.4 is 25.8 Å². The second-order valence-electron chi connectivity index (χ2n) is 8.06. The fourth-order valence-electron chi connectivity index (χ4n) is 4.13. The van der Waals surface area contributed by atoms with Crippen LogP contribution >= 0.6 is 0 Å². The Morgan fingerprint density at radius 1 is 1.27 bits per heavy atom. The maximum atomic E-state index is 12.9. The van der Waals surface area contributed by atoms with Gasteiger partial charge in [0, 0.05) is 30.8 Å². The summed E-state index contributed by atoms with van der Waals surface area (Å²) in [5.41, 5.74) is -0.525. The van der Waals surface area contributed by atoms with Crippen molar-refractivity contribution in [2.45, 2.75) is 50.9 Å². The van der Waals surface area contributed by atoms with E-state index in [0.717, 1.165) is 31.4 Å². The predicted octanol–water partition coefficient (Wildman–Crippen LogP) is 3.11. The van der Waals surface area contributed by atoms with Crippen molar-refractivity contribution in [2.75, 3.05) is 22.1 Å². The number of hydrogen-bond acceptors (Lipinski definition) is 6. The fourth-order valence-corrected chi connectivity index (χ4v) is 4.13. The van der Waals surface area contributed by atoms with Crippen LogP contribution in [0.4, 0.5) is 30.6 Å². The molecule has 9 nitrogen and oxygen atoms in total. The number of aromatic nitrogens is 2. The van der Waals surface area contributed by atoms with Crippen molar-refractivity contribution in [2.24, 2.45) is 0 Å². The molecule has 1 saturated heterocycles. The lowest BCUT2D eigenvalue weighted by molar-refractivity contribution is -0.274. The van der Waals surface area contributed by atoms with E-state index in [-0.39, 0.29) is 29.5 Å². The third-order valence-corrected chi connectivity index (χ3v) is 5.67. The van der Waals surface area contributed by atoms with Crippen LogP contribution in [-0.2, 0) is 9.59 Å². The van der Waals surface area contributed by atoms with Crippen molar-refractivity contribution in [1.29, 1.82) is 0 Å². The van der Waals surface area contributed by atoms with Crippen LogP contribution in [0.5, 0.6) is 5.75 Å². The van der Waals surface area contributed by atoms with Crippen LogP contribution in [0.3, 0.4) is 0 Å². The van der Waals surface area contributed by atoms with E-state index in [9.17, 15) is 27.6 Å². The van der Waals surface area contributed by atoms with Gasteiger partial charge in [-0.15, -0.1) is 13.2 Å². The molecular weight excluding hydrogens is 443 g/mol. The summed E-state index contributed by atoms with van der Waals surface area (Å²) >= 11 is 0. The molecule has 2 atom stereocenters. The lowest BCUT2D eigenvalue weighted by atomic mass is 9.92. The zero-order valence-corrected chi connectivity index (χ0v) is 17.7. The zero-order chi connectivity index (χ0) is 23.8. The van der Waals surface area contributed by atoms with Crippen LogP contribution in [0.25, 0.3) is 0 Å². The molecular formula is C21H22F3N5O4. The van der Waals surface area contributed by atoms with E-state index < -0.39 is 35.4 Å². The SMILES string of the molecule is CC1CCCCN1c1nc2c(c(=O)[nH]1)C(C(=O)Nc1cccc(OC(F)(F)F)c1)CC(=O)N2. The molecule has 1 fully saturated rings. The summed E-state index contributed by atoms with van der Waals surface area (Å²) in [7, 11) is 0. The topological polar surface area (TPSA) is 116 Å². The van der Waals surface area contributed by atoms with E-state index in [1.54, 1.807) is 0 Å². The van der Waals surface area contributed by atoms with Crippen molar-refractivity contribution in [3.8, 4) is 5.75 Å². The van der Waals surface area contributed by atoms with E-state index in [1.165, 1.54) is 12.1 Å². The first-order chi connectivity index (χ1) is 15.6. The van der Waals surface area contributed by atoms with E-state index in [1.807, 2.05) is 11.8 Å². The molecule has 0 radical (unpaired) electrons. The first-order valence-electron chi connectivity index (χ1n) is 10.5. The third-order valence-electron chi connectivity index (χ3n) is 5.67. The number of nitrogens with one attached hydrogen (secondary N) is 3. The third kappa shape index (κ3) is 5.10. The van der Waals surface area contributed by atoms with Crippen LogP contribution in [0.15, 0.2) is 29.1 Å². The van der Waals surface area contributed by atoms with Gasteiger partial charge in [0.2, 0.25) is 17.8 Å². The molecule has 1 aromatic carbocycles. The number of amides is 2. The normalized spacial score (nSPS) is 20.6. The molecule has 0 bridgehead atoms. The summed E-state index contributed by atoms with van der Waals surface area (Å²) in [6.45, 7) is 2.72. The van der Waals surface area contributed by atoms with Gasteiger partial charge >= 0.3 is 6.36 Å². The van der Waals surface area contributed by atoms with E-state index in [0.29, 0.717) is 12.5 Å². The minimum absolute atomic E-state index is 0.00297. The molecule has 1 aromatic heterocycles. The summed E-state index contributed by atoms with van der Waals surface area (Å²) in [6, 6.07) is 4.89. The first kappa shape index (κ1) is 22.6. The van der Waals surface area contributed by atoms with E-state index in [4.69, 9.17) is 0 Å². The average Bonchev–Trinajstić information content (AvgIpc) is 2.72. The van der Waals surface area contributed by atoms with Gasteiger partial charge in [-0.1, -0.05) is 6.07 Å². The van der Waals surface area contributed by atoms with E-state index in [2.05, 4.69) is 25.3 Å². The molecule has 2 aromatic rings. The number of alkyl halides is 3. The number of ether oxygens (including phenoxy) is 1. The lowest BCUT2D eigenvalue weighted by Gasteiger charge is -2.34. The molecule has 176 valence electrons. The molecule has 2 unspecified atom stereocenters. The number of rotatable bonds is 4. The summed E-state index contributed by atoms with van der Waals surface area (Å²) in [5, 5.41) is 5.01. The zero-order valence-electron chi connectivity index (χ0n) is 17.7. The molecule has 2 aliphatic heterocycles. The Kier molecular flexibility index (Phi) is 6.00. The summed E-state index contributed by atoms with van der Waals surface area (Å²) < 4.78 is 41.3. The van der Waals surface area contributed by atoms with Gasteiger partial charge < -0.3 is 20.3 Å². The second kappa shape index (κ2) is 8.75. The second-order valence-corrected chi connectivity index (χ2v) is 8.06. The Morgan fingerprint density at radius 2 is 2.06 bits per heavy atom. The molecule has 12 heteroatoms. The van der Waals surface area contributed by atoms with Gasteiger partial charge in [-0.05, 0) is 38.3 Å². The highest BCUT2D eigenvalue weighted by atomic mass is 19.4. The molecule has 0 aliphatic carbocycles. The highest BCUT2D eigenvalue weighted by molar-refractivity contribution is 6.04. The minimum atomic E-state index is -4.88. The first-order valence-corrected chi connectivity index (χ1v) is 10.5. The minimum Gasteiger partial charge on any atom is -0.406 e. The Morgan fingerprint density at radius 3 is 2.79 bits per heavy atom. The number of aromatic amines is 1. The monoisotopic (exact) mass is 465 g/mol. The Hall–Kier alpha value is -3.57. The van der Waals surface area contributed by atoms with Crippen LogP contribution in [-0.4, -0.2) is 40.7 Å². The van der Waals surface area contributed by atoms with Gasteiger partial charge in [0.1, 0.15) is 11.6 Å². The quantitative estimate of drug-likeness (QED) is 0.639. The summed E-state index contributed by atoms with van der Waals surface area (Å²) in [6.07, 6.45) is -2.23. The van der Waals surface area contributed by atoms with Crippen molar-refractivity contribution in [3.05, 3.63) is 40.2 Å². The molecule has 2 aliphatic rings. The number of hydrogen-bond donors (Lipinski definition) is 3. The average molecular weight is 465 g/mol. The molecule has 4 rings (SSSR count).